The Balaban J connectivity index is 3.00. The van der Waals surface area contributed by atoms with E-state index in [0.717, 1.165) is 17.3 Å². The average Bonchev–Trinajstić information content (AvgIpc) is 2.17. The van der Waals surface area contributed by atoms with Gasteiger partial charge in [-0.05, 0) is 0 Å². The highest BCUT2D eigenvalue weighted by Crippen LogP contribution is 2.13. The van der Waals surface area contributed by atoms with Crippen molar-refractivity contribution in [3.63, 3.8) is 0 Å². The summed E-state index contributed by atoms with van der Waals surface area (Å²) in [7, 11) is 3.51. The fraction of sp³-hybridized carbons (Fsp3) is 0.600. The number of hydrogen-bond donors (Lipinski definition) is 1. The molecule has 0 bridgehead atoms. The lowest BCUT2D eigenvalue weighted by atomic mass is 10.2. The minimum atomic E-state index is 0.332. The fourth-order valence-electron chi connectivity index (χ4n) is 1.13. The number of hydrogen-bond acceptors (Lipinski definition) is 4. The van der Waals surface area contributed by atoms with Gasteiger partial charge in [-0.3, -0.25) is 0 Å². The van der Waals surface area contributed by atoms with Crippen LogP contribution in [0.2, 0.25) is 0 Å². The van der Waals surface area contributed by atoms with Crippen LogP contribution >= 0.6 is 0 Å². The number of nitrogens with one attached hydrogen (secondary N) is 1. The number of ether oxygens (including phenoxy) is 1. The van der Waals surface area contributed by atoms with Gasteiger partial charge in [0.2, 0.25) is 0 Å². The van der Waals surface area contributed by atoms with Crippen molar-refractivity contribution in [3.05, 3.63) is 17.6 Å². The zero-order valence-corrected chi connectivity index (χ0v) is 9.16. The first kappa shape index (κ1) is 10.9. The molecular formula is C10H17N3O. The van der Waals surface area contributed by atoms with Crippen molar-refractivity contribution in [1.82, 2.24) is 9.97 Å². The van der Waals surface area contributed by atoms with Gasteiger partial charge in [-0.15, -0.1) is 0 Å². The third kappa shape index (κ3) is 2.67. The zero-order chi connectivity index (χ0) is 10.6. The van der Waals surface area contributed by atoms with E-state index in [1.54, 1.807) is 7.11 Å². The molecule has 0 aromatic carbocycles. The van der Waals surface area contributed by atoms with Gasteiger partial charge >= 0.3 is 0 Å². The Hall–Kier alpha value is -1.16. The Bertz CT molecular complexity index is 299. The van der Waals surface area contributed by atoms with E-state index in [1.807, 2.05) is 13.1 Å². The summed E-state index contributed by atoms with van der Waals surface area (Å²) in [6.45, 7) is 4.67. The molecule has 0 saturated carbocycles. The quantitative estimate of drug-likeness (QED) is 0.795. The van der Waals surface area contributed by atoms with Crippen LogP contribution in [0.15, 0.2) is 6.07 Å². The molecule has 0 unspecified atom stereocenters. The van der Waals surface area contributed by atoms with Crippen molar-refractivity contribution in [2.75, 3.05) is 19.5 Å². The molecule has 1 rings (SSSR count). The van der Waals surface area contributed by atoms with Crippen molar-refractivity contribution >= 4 is 5.82 Å². The van der Waals surface area contributed by atoms with E-state index in [-0.39, 0.29) is 0 Å². The smallest absolute Gasteiger partial charge is 0.133 e. The van der Waals surface area contributed by atoms with Gasteiger partial charge in [0.05, 0.1) is 12.3 Å². The number of methoxy groups -OCH3 is 1. The maximum absolute atomic E-state index is 5.04. The van der Waals surface area contributed by atoms with Crippen molar-refractivity contribution in [2.24, 2.45) is 0 Å². The Morgan fingerprint density at radius 3 is 2.64 bits per heavy atom. The van der Waals surface area contributed by atoms with Gasteiger partial charge in [0.25, 0.3) is 0 Å². The monoisotopic (exact) mass is 195 g/mol. The molecular weight excluding hydrogens is 178 g/mol. The molecule has 0 atom stereocenters. The molecule has 1 aromatic rings. The maximum atomic E-state index is 5.04. The van der Waals surface area contributed by atoms with E-state index in [9.17, 15) is 0 Å². The van der Waals surface area contributed by atoms with Gasteiger partial charge in [-0.1, -0.05) is 13.8 Å². The third-order valence-electron chi connectivity index (χ3n) is 1.86. The highest BCUT2D eigenvalue weighted by Gasteiger charge is 2.06. The highest BCUT2D eigenvalue weighted by molar-refractivity contribution is 5.35. The molecule has 0 spiro atoms. The molecule has 0 aliphatic heterocycles. The Labute approximate surface area is 84.7 Å². The number of aromatic nitrogens is 2. The molecule has 4 heteroatoms. The summed E-state index contributed by atoms with van der Waals surface area (Å²) in [5.41, 5.74) is 0.913. The first-order valence-corrected chi connectivity index (χ1v) is 4.72. The van der Waals surface area contributed by atoms with Gasteiger partial charge in [0.1, 0.15) is 11.6 Å². The lowest BCUT2D eigenvalue weighted by Gasteiger charge is -2.09. The molecule has 0 radical (unpaired) electrons. The normalized spacial score (nSPS) is 10.6. The van der Waals surface area contributed by atoms with Gasteiger partial charge in [-0.25, -0.2) is 9.97 Å². The predicted octanol–water partition coefficient (Wildman–Crippen LogP) is 1.79. The number of anilines is 1. The number of nitrogens with zero attached hydrogens (tertiary/aromatic N) is 2. The molecule has 14 heavy (non-hydrogen) atoms. The van der Waals surface area contributed by atoms with Crippen LogP contribution in [0.1, 0.15) is 31.3 Å². The van der Waals surface area contributed by atoms with E-state index in [1.165, 1.54) is 0 Å². The summed E-state index contributed by atoms with van der Waals surface area (Å²) in [5, 5.41) is 3.01. The van der Waals surface area contributed by atoms with Crippen molar-refractivity contribution in [3.8, 4) is 0 Å². The van der Waals surface area contributed by atoms with Crippen LogP contribution in [0.3, 0.4) is 0 Å². The minimum Gasteiger partial charge on any atom is -0.378 e. The summed E-state index contributed by atoms with van der Waals surface area (Å²) in [4.78, 5) is 8.75. The van der Waals surface area contributed by atoms with E-state index in [4.69, 9.17) is 4.74 Å². The first-order valence-electron chi connectivity index (χ1n) is 4.72. The van der Waals surface area contributed by atoms with Crippen LogP contribution < -0.4 is 5.32 Å². The number of rotatable bonds is 4. The molecule has 4 nitrogen and oxygen atoms in total. The van der Waals surface area contributed by atoms with Crippen LogP contribution in [0, 0.1) is 0 Å². The summed E-state index contributed by atoms with van der Waals surface area (Å²) in [6, 6.07) is 1.90. The summed E-state index contributed by atoms with van der Waals surface area (Å²) in [6.07, 6.45) is 0. The summed E-state index contributed by atoms with van der Waals surface area (Å²) >= 11 is 0. The van der Waals surface area contributed by atoms with Crippen LogP contribution in [0.4, 0.5) is 5.82 Å². The summed E-state index contributed by atoms with van der Waals surface area (Å²) < 4.78 is 5.04. The third-order valence-corrected chi connectivity index (χ3v) is 1.86. The molecule has 0 amide bonds. The fourth-order valence-corrected chi connectivity index (χ4v) is 1.13. The molecule has 0 aliphatic carbocycles. The van der Waals surface area contributed by atoms with E-state index in [0.29, 0.717) is 12.5 Å². The molecule has 1 heterocycles. The maximum Gasteiger partial charge on any atom is 0.133 e. The van der Waals surface area contributed by atoms with Crippen molar-refractivity contribution < 1.29 is 4.74 Å². The van der Waals surface area contributed by atoms with Crippen LogP contribution in [-0.4, -0.2) is 24.1 Å². The van der Waals surface area contributed by atoms with Gasteiger partial charge in [0, 0.05) is 26.1 Å². The Morgan fingerprint density at radius 2 is 2.14 bits per heavy atom. The second-order valence-electron chi connectivity index (χ2n) is 3.44. The van der Waals surface area contributed by atoms with Gasteiger partial charge in [-0.2, -0.15) is 0 Å². The molecule has 1 aromatic heterocycles. The van der Waals surface area contributed by atoms with Gasteiger partial charge in [0.15, 0.2) is 0 Å². The SMILES string of the molecule is CNc1cc(COC)nc(C(C)C)n1. The minimum absolute atomic E-state index is 0.332. The zero-order valence-electron chi connectivity index (χ0n) is 9.16. The van der Waals surface area contributed by atoms with Crippen LogP contribution in [0.5, 0.6) is 0 Å². The van der Waals surface area contributed by atoms with E-state index < -0.39 is 0 Å². The molecule has 0 fully saturated rings. The van der Waals surface area contributed by atoms with E-state index in [2.05, 4.69) is 29.1 Å². The van der Waals surface area contributed by atoms with Crippen LogP contribution in [0.25, 0.3) is 0 Å². The van der Waals surface area contributed by atoms with E-state index >= 15 is 0 Å². The molecule has 1 N–H and O–H groups in total. The second-order valence-corrected chi connectivity index (χ2v) is 3.44. The lowest BCUT2D eigenvalue weighted by Crippen LogP contribution is -2.05. The molecule has 78 valence electrons. The first-order chi connectivity index (χ1) is 6.67. The predicted molar refractivity (Wildman–Crippen MR) is 56.4 cm³/mol. The largest absolute Gasteiger partial charge is 0.378 e. The van der Waals surface area contributed by atoms with Gasteiger partial charge < -0.3 is 10.1 Å². The van der Waals surface area contributed by atoms with Crippen LogP contribution in [-0.2, 0) is 11.3 Å². The second kappa shape index (κ2) is 4.91. The Kier molecular flexibility index (Phi) is 3.83. The lowest BCUT2D eigenvalue weighted by molar-refractivity contribution is 0.181. The molecule has 0 aliphatic rings. The topological polar surface area (TPSA) is 47.0 Å². The van der Waals surface area contributed by atoms with Crippen molar-refractivity contribution in [2.45, 2.75) is 26.4 Å². The summed E-state index contributed by atoms with van der Waals surface area (Å²) in [5.74, 6) is 2.03. The standard InChI is InChI=1S/C10H17N3O/c1-7(2)10-12-8(6-14-4)5-9(11-3)13-10/h5,7H,6H2,1-4H3,(H,11,12,13). The Morgan fingerprint density at radius 1 is 1.43 bits per heavy atom. The highest BCUT2D eigenvalue weighted by atomic mass is 16.5. The average molecular weight is 195 g/mol. The van der Waals surface area contributed by atoms with Crippen molar-refractivity contribution in [1.29, 1.82) is 0 Å². The molecule has 0 saturated heterocycles.